The van der Waals surface area contributed by atoms with Crippen LogP contribution in [-0.4, -0.2) is 9.36 Å². The second-order valence-corrected chi connectivity index (χ2v) is 10.7. The first-order valence-corrected chi connectivity index (χ1v) is 11.6. The number of hydrogen-bond donors (Lipinski definition) is 0. The van der Waals surface area contributed by atoms with Crippen LogP contribution >= 0.6 is 0 Å². The SMILES string of the molecule is CC1(C)CC=Cc2ccc(-n3c(=O)c4c(n3Cc3ccccc3)[C@]3(C)CC[C@H]4C3)cc21. The molecule has 2 atom stereocenters. The first-order chi connectivity index (χ1) is 14.9. The maximum absolute atomic E-state index is 13.9. The van der Waals surface area contributed by atoms with E-state index in [1.807, 2.05) is 4.68 Å². The molecule has 0 saturated heterocycles. The fourth-order valence-corrected chi connectivity index (χ4v) is 6.43. The summed E-state index contributed by atoms with van der Waals surface area (Å²) < 4.78 is 4.29. The number of hydrogen-bond acceptors (Lipinski definition) is 1. The van der Waals surface area contributed by atoms with Crippen LogP contribution in [0.5, 0.6) is 0 Å². The molecule has 1 saturated carbocycles. The van der Waals surface area contributed by atoms with Crippen LogP contribution in [0.25, 0.3) is 11.8 Å². The molecule has 3 aliphatic rings. The fourth-order valence-electron chi connectivity index (χ4n) is 6.43. The van der Waals surface area contributed by atoms with Crippen LogP contribution in [0.1, 0.15) is 80.3 Å². The highest BCUT2D eigenvalue weighted by atomic mass is 16.1. The van der Waals surface area contributed by atoms with Crippen molar-refractivity contribution in [2.75, 3.05) is 0 Å². The Bertz CT molecular complexity index is 1270. The van der Waals surface area contributed by atoms with Crippen LogP contribution in [0.4, 0.5) is 0 Å². The molecule has 3 aromatic rings. The molecule has 0 radical (unpaired) electrons. The van der Waals surface area contributed by atoms with Crippen molar-refractivity contribution in [3.8, 4) is 5.69 Å². The third kappa shape index (κ3) is 2.68. The Kier molecular flexibility index (Phi) is 3.88. The van der Waals surface area contributed by atoms with Gasteiger partial charge in [0.05, 0.1) is 17.9 Å². The van der Waals surface area contributed by atoms with E-state index in [1.165, 1.54) is 28.8 Å². The molecule has 0 N–H and O–H groups in total. The van der Waals surface area contributed by atoms with Crippen LogP contribution in [0.2, 0.25) is 0 Å². The van der Waals surface area contributed by atoms with Crippen LogP contribution in [-0.2, 0) is 17.4 Å². The fraction of sp³-hybridized carbons (Fsp3) is 0.393. The number of rotatable bonds is 3. The molecule has 3 nitrogen and oxygen atoms in total. The van der Waals surface area contributed by atoms with E-state index in [0.29, 0.717) is 5.92 Å². The summed E-state index contributed by atoms with van der Waals surface area (Å²) in [5.41, 5.74) is 7.61. The molecule has 2 aromatic carbocycles. The van der Waals surface area contributed by atoms with Gasteiger partial charge < -0.3 is 0 Å². The monoisotopic (exact) mass is 410 g/mol. The Morgan fingerprint density at radius 2 is 1.87 bits per heavy atom. The smallest absolute Gasteiger partial charge is 0.275 e. The zero-order valence-electron chi connectivity index (χ0n) is 18.7. The van der Waals surface area contributed by atoms with Crippen LogP contribution in [0.3, 0.4) is 0 Å². The van der Waals surface area contributed by atoms with Gasteiger partial charge in [0.1, 0.15) is 0 Å². The maximum Gasteiger partial charge on any atom is 0.275 e. The van der Waals surface area contributed by atoms with E-state index < -0.39 is 0 Å². The third-order valence-corrected chi connectivity index (χ3v) is 8.01. The van der Waals surface area contributed by atoms with Gasteiger partial charge in [0, 0.05) is 11.0 Å². The lowest BCUT2D eigenvalue weighted by molar-refractivity contribution is 0.433. The van der Waals surface area contributed by atoms with Crippen molar-refractivity contribution >= 4 is 6.08 Å². The minimum Gasteiger partial charge on any atom is -0.277 e. The first kappa shape index (κ1) is 18.9. The maximum atomic E-state index is 13.9. The summed E-state index contributed by atoms with van der Waals surface area (Å²) in [6.07, 6.45) is 8.97. The van der Waals surface area contributed by atoms with Crippen LogP contribution in [0.15, 0.2) is 59.4 Å². The summed E-state index contributed by atoms with van der Waals surface area (Å²) in [5.74, 6) is 0.424. The van der Waals surface area contributed by atoms with E-state index in [-0.39, 0.29) is 16.4 Å². The van der Waals surface area contributed by atoms with E-state index in [1.54, 1.807) is 0 Å². The topological polar surface area (TPSA) is 26.9 Å². The average molecular weight is 411 g/mol. The second-order valence-electron chi connectivity index (χ2n) is 10.7. The van der Waals surface area contributed by atoms with Crippen LogP contribution in [0, 0.1) is 0 Å². The molecule has 0 amide bonds. The lowest BCUT2D eigenvalue weighted by atomic mass is 9.76. The van der Waals surface area contributed by atoms with Gasteiger partial charge in [0.2, 0.25) is 0 Å². The zero-order chi connectivity index (χ0) is 21.4. The summed E-state index contributed by atoms with van der Waals surface area (Å²) in [7, 11) is 0. The Balaban J connectivity index is 1.59. The number of benzene rings is 2. The summed E-state index contributed by atoms with van der Waals surface area (Å²) in [4.78, 5) is 13.9. The lowest BCUT2D eigenvalue weighted by Gasteiger charge is -2.30. The Morgan fingerprint density at radius 1 is 1.06 bits per heavy atom. The quantitative estimate of drug-likeness (QED) is 0.526. The number of nitrogens with zero attached hydrogens (tertiary/aromatic N) is 2. The number of allylic oxidation sites excluding steroid dienone is 1. The normalized spacial score (nSPS) is 24.9. The van der Waals surface area contributed by atoms with Gasteiger partial charge in [-0.25, -0.2) is 4.68 Å². The predicted octanol–water partition coefficient (Wildman–Crippen LogP) is 5.92. The summed E-state index contributed by atoms with van der Waals surface area (Å²) in [6.45, 7) is 7.69. The van der Waals surface area contributed by atoms with Gasteiger partial charge in [-0.3, -0.25) is 9.48 Å². The molecule has 2 bridgehead atoms. The van der Waals surface area contributed by atoms with E-state index >= 15 is 0 Å². The number of fused-ring (bicyclic) bond motifs is 6. The van der Waals surface area contributed by atoms with E-state index in [0.717, 1.165) is 37.1 Å². The van der Waals surface area contributed by atoms with Crippen LogP contribution < -0.4 is 5.56 Å². The molecule has 31 heavy (non-hydrogen) atoms. The molecule has 0 aliphatic heterocycles. The highest BCUT2D eigenvalue weighted by Crippen LogP contribution is 2.56. The summed E-state index contributed by atoms with van der Waals surface area (Å²) in [5, 5.41) is 0. The first-order valence-electron chi connectivity index (χ1n) is 11.6. The molecule has 1 fully saturated rings. The van der Waals surface area contributed by atoms with Crippen molar-refractivity contribution in [3.63, 3.8) is 0 Å². The molecule has 3 aliphatic carbocycles. The van der Waals surface area contributed by atoms with Crippen molar-refractivity contribution in [2.24, 2.45) is 0 Å². The molecular weight excluding hydrogens is 380 g/mol. The van der Waals surface area contributed by atoms with Gasteiger partial charge in [-0.2, -0.15) is 0 Å². The van der Waals surface area contributed by atoms with Gasteiger partial charge in [0.15, 0.2) is 0 Å². The van der Waals surface area contributed by atoms with Gasteiger partial charge >= 0.3 is 0 Å². The lowest BCUT2D eigenvalue weighted by Crippen LogP contribution is -2.28. The average Bonchev–Trinajstić information content (AvgIpc) is 3.37. The van der Waals surface area contributed by atoms with Crippen molar-refractivity contribution in [1.29, 1.82) is 0 Å². The Labute approximate surface area is 184 Å². The van der Waals surface area contributed by atoms with Crippen molar-refractivity contribution in [2.45, 2.75) is 69.7 Å². The van der Waals surface area contributed by atoms with Gasteiger partial charge in [-0.1, -0.05) is 69.3 Å². The summed E-state index contributed by atoms with van der Waals surface area (Å²) in [6, 6.07) is 17.1. The highest BCUT2D eigenvalue weighted by molar-refractivity contribution is 5.62. The molecule has 1 aromatic heterocycles. The largest absolute Gasteiger partial charge is 0.277 e. The summed E-state index contributed by atoms with van der Waals surface area (Å²) >= 11 is 0. The molecule has 3 heteroatoms. The molecule has 0 spiro atoms. The second kappa shape index (κ2) is 6.35. The molecule has 6 rings (SSSR count). The zero-order valence-corrected chi connectivity index (χ0v) is 18.7. The van der Waals surface area contributed by atoms with Gasteiger partial charge in [-0.15, -0.1) is 0 Å². The van der Waals surface area contributed by atoms with Crippen molar-refractivity contribution in [1.82, 2.24) is 9.36 Å². The van der Waals surface area contributed by atoms with E-state index in [2.05, 4.69) is 86.1 Å². The van der Waals surface area contributed by atoms with Crippen molar-refractivity contribution in [3.05, 3.63) is 92.9 Å². The molecule has 1 heterocycles. The van der Waals surface area contributed by atoms with Gasteiger partial charge in [-0.05, 0) is 65.8 Å². The predicted molar refractivity (Wildman–Crippen MR) is 126 cm³/mol. The number of aromatic nitrogens is 2. The molecular formula is C28H30N2O. The van der Waals surface area contributed by atoms with Crippen molar-refractivity contribution < 1.29 is 0 Å². The molecule has 158 valence electrons. The molecule has 0 unspecified atom stereocenters. The minimum atomic E-state index is 0.0777. The Morgan fingerprint density at radius 3 is 2.68 bits per heavy atom. The third-order valence-electron chi connectivity index (χ3n) is 8.01. The van der Waals surface area contributed by atoms with E-state index in [4.69, 9.17) is 0 Å². The Hall–Kier alpha value is -2.81. The minimum absolute atomic E-state index is 0.0777. The van der Waals surface area contributed by atoms with Gasteiger partial charge in [0.25, 0.3) is 5.56 Å². The highest BCUT2D eigenvalue weighted by Gasteiger charge is 2.51. The van der Waals surface area contributed by atoms with E-state index in [9.17, 15) is 4.79 Å². The standard InChI is InChI=1S/C28H30N2O/c1-27(2)14-7-10-20-11-12-22(16-23(20)27)30-26(31)24-21-13-15-28(3,17-21)25(24)29(30)18-19-8-5-4-6-9-19/h4-12,16,21H,13-15,17-18H2,1-3H3/t21-,28+/m0/s1.